The van der Waals surface area contributed by atoms with Gasteiger partial charge in [-0.15, -0.1) is 0 Å². The normalized spacial score (nSPS) is 15.1. The molecule has 0 rings (SSSR count). The van der Waals surface area contributed by atoms with E-state index in [1.54, 1.807) is 0 Å². The van der Waals surface area contributed by atoms with Crippen LogP contribution in [-0.2, 0) is 4.79 Å². The molecule has 0 fully saturated rings. The molecule has 0 spiro atoms. The van der Waals surface area contributed by atoms with Gasteiger partial charge in [0, 0.05) is 0 Å². The highest BCUT2D eigenvalue weighted by Gasteiger charge is 2.42. The summed E-state index contributed by atoms with van der Waals surface area (Å²) < 4.78 is 23.9. The van der Waals surface area contributed by atoms with Gasteiger partial charge < -0.3 is 10.8 Å². The lowest BCUT2D eigenvalue weighted by molar-refractivity contribution is -0.167. The summed E-state index contributed by atoms with van der Waals surface area (Å²) in [5.74, 6) is -5.99. The van der Waals surface area contributed by atoms with Crippen LogP contribution in [0, 0.1) is 0 Å². The molecule has 0 saturated carbocycles. The Bertz CT molecular complexity index is 124. The van der Waals surface area contributed by atoms with E-state index in [2.05, 4.69) is 5.73 Å². The number of aliphatic carboxylic acids is 1. The summed E-state index contributed by atoms with van der Waals surface area (Å²) in [6.07, 6.45) is 0. The monoisotopic (exact) mass is 139 g/mol. The zero-order valence-corrected chi connectivity index (χ0v) is 4.77. The van der Waals surface area contributed by atoms with Crippen molar-refractivity contribution in [2.75, 3.05) is 0 Å². The summed E-state index contributed by atoms with van der Waals surface area (Å²) >= 11 is 0. The van der Waals surface area contributed by atoms with Gasteiger partial charge >= 0.3 is 11.9 Å². The Hall–Kier alpha value is -0.710. The number of carboxylic acids is 1. The predicted molar refractivity (Wildman–Crippen MR) is 26.2 cm³/mol. The number of rotatable bonds is 2. The van der Waals surface area contributed by atoms with Crippen LogP contribution in [-0.4, -0.2) is 23.0 Å². The first-order valence-electron chi connectivity index (χ1n) is 2.26. The number of carbonyl (C=O) groups is 1. The molecular weight excluding hydrogens is 132 g/mol. The fourth-order valence-electron chi connectivity index (χ4n) is 0.195. The SMILES string of the molecule is CC(N)C(F)(F)C(=O)O. The van der Waals surface area contributed by atoms with Crippen molar-refractivity contribution in [1.82, 2.24) is 0 Å². The molecule has 1 unspecified atom stereocenters. The summed E-state index contributed by atoms with van der Waals surface area (Å²) in [7, 11) is 0. The standard InChI is InChI=1S/C4H7F2NO2/c1-2(7)4(5,6)3(8)9/h2H,7H2,1H3,(H,8,9). The Morgan fingerprint density at radius 3 is 2.11 bits per heavy atom. The average Bonchev–Trinajstić information content (AvgIpc) is 1.65. The molecule has 3 N–H and O–H groups in total. The minimum absolute atomic E-state index is 0.939. The molecule has 0 radical (unpaired) electrons. The molecule has 0 heterocycles. The van der Waals surface area contributed by atoms with Crippen molar-refractivity contribution in [3.63, 3.8) is 0 Å². The molecule has 0 aliphatic carbocycles. The maximum Gasteiger partial charge on any atom is 0.376 e. The van der Waals surface area contributed by atoms with Gasteiger partial charge in [0.05, 0.1) is 6.04 Å². The smallest absolute Gasteiger partial charge is 0.376 e. The van der Waals surface area contributed by atoms with Crippen molar-refractivity contribution >= 4 is 5.97 Å². The maximum absolute atomic E-state index is 11.9. The van der Waals surface area contributed by atoms with Gasteiger partial charge in [-0.2, -0.15) is 8.78 Å². The van der Waals surface area contributed by atoms with E-state index in [9.17, 15) is 13.6 Å². The maximum atomic E-state index is 11.9. The van der Waals surface area contributed by atoms with Gasteiger partial charge in [-0.05, 0) is 6.92 Å². The van der Waals surface area contributed by atoms with Crippen molar-refractivity contribution < 1.29 is 18.7 Å². The van der Waals surface area contributed by atoms with Crippen LogP contribution < -0.4 is 5.73 Å². The molecule has 0 aliphatic rings. The molecule has 0 aromatic rings. The highest BCUT2D eigenvalue weighted by atomic mass is 19.3. The lowest BCUT2D eigenvalue weighted by atomic mass is 10.2. The molecular formula is C4H7F2NO2. The first-order chi connectivity index (χ1) is 3.89. The summed E-state index contributed by atoms with van der Waals surface area (Å²) in [5, 5.41) is 7.78. The largest absolute Gasteiger partial charge is 0.477 e. The lowest BCUT2D eigenvalue weighted by Gasteiger charge is -2.13. The summed E-state index contributed by atoms with van der Waals surface area (Å²) in [5.41, 5.74) is 4.64. The molecule has 3 nitrogen and oxygen atoms in total. The van der Waals surface area contributed by atoms with E-state index in [0.29, 0.717) is 0 Å². The number of halogens is 2. The van der Waals surface area contributed by atoms with Crippen molar-refractivity contribution in [2.24, 2.45) is 5.73 Å². The van der Waals surface area contributed by atoms with E-state index in [0.717, 1.165) is 6.92 Å². The van der Waals surface area contributed by atoms with Crippen LogP contribution in [0.3, 0.4) is 0 Å². The van der Waals surface area contributed by atoms with E-state index in [1.807, 2.05) is 0 Å². The van der Waals surface area contributed by atoms with Crippen LogP contribution in [0.1, 0.15) is 6.92 Å². The highest BCUT2D eigenvalue weighted by Crippen LogP contribution is 2.16. The van der Waals surface area contributed by atoms with Gasteiger partial charge in [-0.25, -0.2) is 4.79 Å². The first kappa shape index (κ1) is 8.29. The van der Waals surface area contributed by atoms with E-state index >= 15 is 0 Å². The minimum Gasteiger partial charge on any atom is -0.477 e. The summed E-state index contributed by atoms with van der Waals surface area (Å²) in [6, 6.07) is -1.64. The second-order valence-electron chi connectivity index (χ2n) is 1.72. The third kappa shape index (κ3) is 1.60. The third-order valence-corrected chi connectivity index (χ3v) is 0.857. The quantitative estimate of drug-likeness (QED) is 0.568. The van der Waals surface area contributed by atoms with Crippen molar-refractivity contribution in [3.8, 4) is 0 Å². The fraction of sp³-hybridized carbons (Fsp3) is 0.750. The van der Waals surface area contributed by atoms with Crippen molar-refractivity contribution in [2.45, 2.75) is 18.9 Å². The molecule has 0 amide bonds. The predicted octanol–water partition coefficient (Wildman–Crippen LogP) is 0.0535. The average molecular weight is 139 g/mol. The van der Waals surface area contributed by atoms with Crippen molar-refractivity contribution in [3.05, 3.63) is 0 Å². The molecule has 0 aliphatic heterocycles. The van der Waals surface area contributed by atoms with Gasteiger partial charge in [-0.3, -0.25) is 0 Å². The van der Waals surface area contributed by atoms with Crippen LogP contribution in [0.25, 0.3) is 0 Å². The molecule has 0 bridgehead atoms. The molecule has 54 valence electrons. The minimum atomic E-state index is -3.81. The number of carboxylic acid groups (broad SMARTS) is 1. The van der Waals surface area contributed by atoms with Crippen LogP contribution in [0.5, 0.6) is 0 Å². The number of alkyl halides is 2. The van der Waals surface area contributed by atoms with Gasteiger partial charge in [0.2, 0.25) is 0 Å². The Kier molecular flexibility index (Phi) is 2.08. The summed E-state index contributed by atoms with van der Waals surface area (Å²) in [6.45, 7) is 0.939. The van der Waals surface area contributed by atoms with Crippen LogP contribution in [0.2, 0.25) is 0 Å². The van der Waals surface area contributed by atoms with Gasteiger partial charge in [-0.1, -0.05) is 0 Å². The third-order valence-electron chi connectivity index (χ3n) is 0.857. The number of hydrogen-bond donors (Lipinski definition) is 2. The first-order valence-corrected chi connectivity index (χ1v) is 2.26. The molecule has 0 saturated heterocycles. The van der Waals surface area contributed by atoms with Crippen molar-refractivity contribution in [1.29, 1.82) is 0 Å². The second kappa shape index (κ2) is 2.26. The van der Waals surface area contributed by atoms with Crippen LogP contribution >= 0.6 is 0 Å². The van der Waals surface area contributed by atoms with Crippen LogP contribution in [0.4, 0.5) is 8.78 Å². The number of hydrogen-bond acceptors (Lipinski definition) is 2. The molecule has 5 heteroatoms. The van der Waals surface area contributed by atoms with E-state index in [-0.39, 0.29) is 0 Å². The Morgan fingerprint density at radius 1 is 1.78 bits per heavy atom. The van der Waals surface area contributed by atoms with Gasteiger partial charge in [0.15, 0.2) is 0 Å². The molecule has 9 heavy (non-hydrogen) atoms. The van der Waals surface area contributed by atoms with Crippen LogP contribution in [0.15, 0.2) is 0 Å². The molecule has 0 aromatic heterocycles. The Morgan fingerprint density at radius 2 is 2.11 bits per heavy atom. The van der Waals surface area contributed by atoms with E-state index in [1.165, 1.54) is 0 Å². The highest BCUT2D eigenvalue weighted by molar-refractivity contribution is 5.76. The molecule has 0 aromatic carbocycles. The fourth-order valence-corrected chi connectivity index (χ4v) is 0.195. The lowest BCUT2D eigenvalue weighted by Crippen LogP contribution is -2.44. The Labute approximate surface area is 50.5 Å². The van der Waals surface area contributed by atoms with Gasteiger partial charge in [0.1, 0.15) is 0 Å². The second-order valence-corrected chi connectivity index (χ2v) is 1.72. The number of nitrogens with two attached hydrogens (primary N) is 1. The zero-order valence-electron chi connectivity index (χ0n) is 4.77. The van der Waals surface area contributed by atoms with E-state index in [4.69, 9.17) is 5.11 Å². The summed E-state index contributed by atoms with van der Waals surface area (Å²) in [4.78, 5) is 9.63. The zero-order chi connectivity index (χ0) is 7.65. The molecule has 1 atom stereocenters. The topological polar surface area (TPSA) is 63.3 Å². The Balaban J connectivity index is 4.19. The van der Waals surface area contributed by atoms with Gasteiger partial charge in [0.25, 0.3) is 0 Å². The van der Waals surface area contributed by atoms with E-state index < -0.39 is 17.9 Å².